The number of fused-ring (bicyclic) bond motifs is 2. The fourth-order valence-corrected chi connectivity index (χ4v) is 5.49. The first-order valence-electron chi connectivity index (χ1n) is 13.3. The predicted octanol–water partition coefficient (Wildman–Crippen LogP) is 4.46. The number of hydrogen-bond acceptors (Lipinski definition) is 12. The van der Waals surface area contributed by atoms with Crippen molar-refractivity contribution in [1.82, 2.24) is 0 Å². The van der Waals surface area contributed by atoms with Crippen molar-refractivity contribution in [2.75, 3.05) is 41.3 Å². The van der Waals surface area contributed by atoms with Gasteiger partial charge in [-0.1, -0.05) is 6.08 Å². The van der Waals surface area contributed by atoms with Crippen LogP contribution < -0.4 is 23.7 Å². The summed E-state index contributed by atoms with van der Waals surface area (Å²) in [5.41, 5.74) is -6.24. The minimum atomic E-state index is -6.32. The molecule has 12 nitrogen and oxygen atoms in total. The molecule has 2 aliphatic rings. The molecule has 1 aliphatic heterocycles. The number of ether oxygens (including phenoxy) is 7. The van der Waals surface area contributed by atoms with E-state index in [4.69, 9.17) is 37.3 Å². The van der Waals surface area contributed by atoms with Gasteiger partial charge in [-0.2, -0.15) is 21.6 Å². The van der Waals surface area contributed by atoms with Crippen LogP contribution in [0.2, 0.25) is 0 Å². The summed E-state index contributed by atoms with van der Waals surface area (Å²) in [5.74, 6) is -4.64. The summed E-state index contributed by atoms with van der Waals surface area (Å²) in [7, 11) is -2.21. The Labute approximate surface area is 256 Å². The van der Waals surface area contributed by atoms with Crippen molar-refractivity contribution < 1.29 is 68.5 Å². The van der Waals surface area contributed by atoms with E-state index in [-0.39, 0.29) is 59.9 Å². The topological polar surface area (TPSA) is 142 Å². The minimum Gasteiger partial charge on any atom is -0.493 e. The van der Waals surface area contributed by atoms with Crippen LogP contribution in [0, 0.1) is 5.92 Å². The normalized spacial score (nSPS) is 17.5. The van der Waals surface area contributed by atoms with Crippen LogP contribution in [0.4, 0.5) is 13.2 Å². The lowest BCUT2D eigenvalue weighted by Crippen LogP contribution is -2.31. The maximum atomic E-state index is 13.7. The third-order valence-electron chi connectivity index (χ3n) is 6.81. The first-order valence-corrected chi connectivity index (χ1v) is 14.7. The van der Waals surface area contributed by atoms with Gasteiger partial charge in [0.1, 0.15) is 0 Å². The molecular weight excluding hydrogens is 629 g/mol. The van der Waals surface area contributed by atoms with Crippen LogP contribution in [-0.4, -0.2) is 67.2 Å². The van der Waals surface area contributed by atoms with E-state index in [9.17, 15) is 31.2 Å². The number of benzene rings is 2. The van der Waals surface area contributed by atoms with Crippen molar-refractivity contribution in [3.05, 3.63) is 58.7 Å². The van der Waals surface area contributed by atoms with Gasteiger partial charge in [0.05, 0.1) is 40.1 Å². The SMILES string of the molecule is CCOC(=O)/C=C/[C@H]1C(C(=O)OCC)=C(OS(=O)(=O)C(F)(F)F)c2cc3c(cc2C1c1cc(OC)c(OC)c(OC)c1)OCO3. The van der Waals surface area contributed by atoms with Crippen LogP contribution in [0.3, 0.4) is 0 Å². The molecule has 2 atom stereocenters. The fraction of sp³-hybridized carbons (Fsp3) is 0.379. The number of methoxy groups -OCH3 is 3. The van der Waals surface area contributed by atoms with Crippen LogP contribution in [-0.2, 0) is 33.4 Å². The molecule has 0 amide bonds. The maximum Gasteiger partial charge on any atom is 0.534 e. The average molecular weight is 659 g/mol. The second kappa shape index (κ2) is 13.2. The number of allylic oxidation sites excluding steroid dienone is 1. The molecule has 0 saturated heterocycles. The molecule has 0 saturated carbocycles. The Bertz CT molecular complexity index is 1620. The molecule has 1 aliphatic carbocycles. The highest BCUT2D eigenvalue weighted by Crippen LogP contribution is 2.53. The Hall–Kier alpha value is -4.60. The smallest absolute Gasteiger partial charge is 0.493 e. The third-order valence-corrected chi connectivity index (χ3v) is 7.76. The Morgan fingerprint density at radius 2 is 1.53 bits per heavy atom. The Morgan fingerprint density at radius 3 is 2.07 bits per heavy atom. The van der Waals surface area contributed by atoms with Crippen molar-refractivity contribution in [2.24, 2.45) is 5.92 Å². The molecule has 0 aromatic heterocycles. The van der Waals surface area contributed by atoms with Gasteiger partial charge in [-0.3, -0.25) is 0 Å². The molecule has 2 aromatic rings. The average Bonchev–Trinajstić information content (AvgIpc) is 3.45. The van der Waals surface area contributed by atoms with E-state index >= 15 is 0 Å². The number of hydrogen-bond donors (Lipinski definition) is 0. The fourth-order valence-electron chi connectivity index (χ4n) is 5.00. The van der Waals surface area contributed by atoms with Gasteiger partial charge in [-0.25, -0.2) is 9.59 Å². The van der Waals surface area contributed by atoms with Crippen molar-refractivity contribution in [3.63, 3.8) is 0 Å². The molecule has 0 bridgehead atoms. The Kier molecular flexibility index (Phi) is 9.75. The van der Waals surface area contributed by atoms with E-state index in [1.807, 2.05) is 0 Å². The zero-order chi connectivity index (χ0) is 33.1. The molecule has 244 valence electrons. The van der Waals surface area contributed by atoms with Crippen molar-refractivity contribution in [2.45, 2.75) is 25.3 Å². The Balaban J connectivity index is 2.14. The molecule has 16 heteroatoms. The van der Waals surface area contributed by atoms with Gasteiger partial charge in [0.25, 0.3) is 0 Å². The van der Waals surface area contributed by atoms with Crippen LogP contribution >= 0.6 is 0 Å². The standard InChI is InChI=1S/C29H29F3O12S/c1-6-40-23(33)9-8-16-24(15-10-21(37-3)27(39-5)22(11-15)38-4)17-12-19-20(43-14-42-19)13-18(17)26(25(16)28(34)41-7-2)44-45(35,36)29(30,31)32/h8-13,16,24H,6-7,14H2,1-5H3/b9-8+/t16-,24?/m1/s1. The summed E-state index contributed by atoms with van der Waals surface area (Å²) in [4.78, 5) is 26.0. The number of carbonyl (C=O) groups is 2. The van der Waals surface area contributed by atoms with Gasteiger partial charge in [0.15, 0.2) is 28.8 Å². The maximum absolute atomic E-state index is 13.7. The van der Waals surface area contributed by atoms with Gasteiger partial charge < -0.3 is 37.3 Å². The van der Waals surface area contributed by atoms with Gasteiger partial charge in [-0.15, -0.1) is 0 Å². The molecule has 0 radical (unpaired) electrons. The van der Waals surface area contributed by atoms with E-state index in [0.29, 0.717) is 5.56 Å². The van der Waals surface area contributed by atoms with Crippen LogP contribution in [0.25, 0.3) is 5.76 Å². The zero-order valence-electron chi connectivity index (χ0n) is 24.7. The van der Waals surface area contributed by atoms with E-state index in [2.05, 4.69) is 0 Å². The van der Waals surface area contributed by atoms with Crippen molar-refractivity contribution >= 4 is 27.8 Å². The monoisotopic (exact) mass is 658 g/mol. The lowest BCUT2D eigenvalue weighted by Gasteiger charge is -2.35. The Morgan fingerprint density at radius 1 is 0.933 bits per heavy atom. The number of esters is 2. The third kappa shape index (κ3) is 6.45. The quantitative estimate of drug-likeness (QED) is 0.146. The first kappa shape index (κ1) is 33.3. The molecule has 4 rings (SSSR count). The van der Waals surface area contributed by atoms with Crippen LogP contribution in [0.5, 0.6) is 28.7 Å². The molecule has 45 heavy (non-hydrogen) atoms. The summed E-state index contributed by atoms with van der Waals surface area (Å²) < 4.78 is 108. The summed E-state index contributed by atoms with van der Waals surface area (Å²) in [6.07, 6.45) is 2.15. The molecule has 1 unspecified atom stereocenters. The van der Waals surface area contributed by atoms with E-state index in [1.54, 1.807) is 6.92 Å². The van der Waals surface area contributed by atoms with Gasteiger partial charge in [0, 0.05) is 23.5 Å². The molecule has 0 fully saturated rings. The van der Waals surface area contributed by atoms with E-state index < -0.39 is 50.7 Å². The summed E-state index contributed by atoms with van der Waals surface area (Å²) in [5, 5.41) is 0. The van der Waals surface area contributed by atoms with Crippen LogP contribution in [0.15, 0.2) is 42.0 Å². The molecule has 0 spiro atoms. The van der Waals surface area contributed by atoms with E-state index in [1.165, 1.54) is 58.6 Å². The molecule has 1 heterocycles. The summed E-state index contributed by atoms with van der Waals surface area (Å²) in [6, 6.07) is 5.69. The lowest BCUT2D eigenvalue weighted by molar-refractivity contribution is -0.139. The highest BCUT2D eigenvalue weighted by atomic mass is 32.2. The number of halogens is 3. The minimum absolute atomic E-state index is 0.00475. The largest absolute Gasteiger partial charge is 0.534 e. The van der Waals surface area contributed by atoms with Crippen molar-refractivity contribution in [1.29, 1.82) is 0 Å². The second-order valence-electron chi connectivity index (χ2n) is 9.31. The highest BCUT2D eigenvalue weighted by molar-refractivity contribution is 7.87. The first-order chi connectivity index (χ1) is 21.3. The van der Waals surface area contributed by atoms with Crippen molar-refractivity contribution in [3.8, 4) is 28.7 Å². The highest BCUT2D eigenvalue weighted by Gasteiger charge is 2.51. The summed E-state index contributed by atoms with van der Waals surface area (Å²) in [6.45, 7) is 2.51. The number of carbonyl (C=O) groups excluding carboxylic acids is 2. The predicted molar refractivity (Wildman–Crippen MR) is 149 cm³/mol. The zero-order valence-corrected chi connectivity index (χ0v) is 25.5. The molecular formula is C29H29F3O12S. The lowest BCUT2D eigenvalue weighted by atomic mass is 9.70. The van der Waals surface area contributed by atoms with Gasteiger partial charge in [-0.05, 0) is 49.2 Å². The summed E-state index contributed by atoms with van der Waals surface area (Å²) >= 11 is 0. The van der Waals surface area contributed by atoms with Gasteiger partial charge in [0.2, 0.25) is 12.5 Å². The molecule has 2 aromatic carbocycles. The van der Waals surface area contributed by atoms with E-state index in [0.717, 1.165) is 6.08 Å². The van der Waals surface area contributed by atoms with Crippen LogP contribution in [0.1, 0.15) is 36.5 Å². The van der Waals surface area contributed by atoms with Gasteiger partial charge >= 0.3 is 27.6 Å². The molecule has 0 N–H and O–H groups in total. The number of rotatable bonds is 11. The number of alkyl halides is 3. The second-order valence-corrected chi connectivity index (χ2v) is 10.9.